The van der Waals surface area contributed by atoms with Crippen LogP contribution >= 0.6 is 11.6 Å². The Balaban J connectivity index is 1.72. The number of nitrogens with zero attached hydrogens (tertiary/aromatic N) is 3. The zero-order chi connectivity index (χ0) is 14.7. The second-order valence-corrected chi connectivity index (χ2v) is 4.82. The highest BCUT2D eigenvalue weighted by Gasteiger charge is 2.07. The van der Waals surface area contributed by atoms with E-state index in [0.29, 0.717) is 17.9 Å². The summed E-state index contributed by atoms with van der Waals surface area (Å²) in [5, 5.41) is 11.6. The Bertz CT molecular complexity index is 742. The van der Waals surface area contributed by atoms with Crippen molar-refractivity contribution in [2.24, 2.45) is 0 Å². The van der Waals surface area contributed by atoms with Crippen molar-refractivity contribution in [1.29, 1.82) is 0 Å². The number of aromatic nitrogens is 3. The summed E-state index contributed by atoms with van der Waals surface area (Å²) in [6, 6.07) is 14.4. The van der Waals surface area contributed by atoms with Crippen molar-refractivity contribution in [3.8, 4) is 5.69 Å². The summed E-state index contributed by atoms with van der Waals surface area (Å²) in [6.07, 6.45) is 1.64. The fraction of sp³-hybridized carbons (Fsp3) is 0.0667. The second-order valence-electron chi connectivity index (χ2n) is 4.42. The van der Waals surface area contributed by atoms with Crippen molar-refractivity contribution >= 4 is 17.3 Å². The fourth-order valence-electron chi connectivity index (χ4n) is 1.89. The summed E-state index contributed by atoms with van der Waals surface area (Å²) in [4.78, 5) is 1.53. The lowest BCUT2D eigenvalue weighted by Gasteiger charge is -2.06. The number of rotatable bonds is 4. The van der Waals surface area contributed by atoms with Gasteiger partial charge in [-0.15, -0.1) is 0 Å². The summed E-state index contributed by atoms with van der Waals surface area (Å²) < 4.78 is 13.7. The van der Waals surface area contributed by atoms with Gasteiger partial charge in [-0.1, -0.05) is 35.9 Å². The molecule has 2 aromatic carbocycles. The van der Waals surface area contributed by atoms with Gasteiger partial charge in [0.2, 0.25) is 0 Å². The zero-order valence-electron chi connectivity index (χ0n) is 11.0. The zero-order valence-corrected chi connectivity index (χ0v) is 11.8. The van der Waals surface area contributed by atoms with Crippen molar-refractivity contribution in [2.45, 2.75) is 6.54 Å². The molecule has 0 fully saturated rings. The summed E-state index contributed by atoms with van der Waals surface area (Å²) >= 11 is 5.73. The van der Waals surface area contributed by atoms with Crippen molar-refractivity contribution < 1.29 is 4.39 Å². The summed E-state index contributed by atoms with van der Waals surface area (Å²) in [7, 11) is 0. The highest BCUT2D eigenvalue weighted by molar-refractivity contribution is 6.31. The average molecular weight is 303 g/mol. The molecule has 0 atom stereocenters. The molecular formula is C15H12ClFN4. The summed E-state index contributed by atoms with van der Waals surface area (Å²) in [5.41, 5.74) is 1.92. The van der Waals surface area contributed by atoms with E-state index < -0.39 is 5.82 Å². The summed E-state index contributed by atoms with van der Waals surface area (Å²) in [6.45, 7) is 0.365. The van der Waals surface area contributed by atoms with Crippen LogP contribution < -0.4 is 5.32 Å². The monoisotopic (exact) mass is 302 g/mol. The number of benzene rings is 2. The van der Waals surface area contributed by atoms with Crippen LogP contribution in [0.25, 0.3) is 5.69 Å². The second kappa shape index (κ2) is 5.93. The third kappa shape index (κ3) is 3.03. The molecule has 4 nitrogen and oxygen atoms in total. The van der Waals surface area contributed by atoms with Crippen LogP contribution in [0.5, 0.6) is 0 Å². The first kappa shape index (κ1) is 13.6. The van der Waals surface area contributed by atoms with E-state index in [4.69, 9.17) is 11.6 Å². The molecule has 0 saturated carbocycles. The van der Waals surface area contributed by atoms with Crippen molar-refractivity contribution in [3.05, 3.63) is 71.3 Å². The molecule has 0 radical (unpaired) electrons. The fourth-order valence-corrected chi connectivity index (χ4v) is 2.06. The van der Waals surface area contributed by atoms with Gasteiger partial charge in [-0.3, -0.25) is 0 Å². The molecule has 0 saturated heterocycles. The first-order valence-electron chi connectivity index (χ1n) is 6.38. The average Bonchev–Trinajstić information content (AvgIpc) is 2.99. The van der Waals surface area contributed by atoms with E-state index in [-0.39, 0.29) is 5.02 Å². The highest BCUT2D eigenvalue weighted by atomic mass is 35.5. The van der Waals surface area contributed by atoms with E-state index in [9.17, 15) is 4.39 Å². The normalized spacial score (nSPS) is 10.6. The first-order valence-corrected chi connectivity index (χ1v) is 6.76. The molecule has 0 aliphatic carbocycles. The molecule has 1 heterocycles. The Morgan fingerprint density at radius 3 is 2.71 bits per heavy atom. The number of anilines is 1. The van der Waals surface area contributed by atoms with Crippen LogP contribution in [0.1, 0.15) is 5.69 Å². The predicted molar refractivity (Wildman–Crippen MR) is 80.1 cm³/mol. The van der Waals surface area contributed by atoms with Gasteiger partial charge in [0.1, 0.15) is 5.69 Å². The van der Waals surface area contributed by atoms with E-state index in [1.165, 1.54) is 10.9 Å². The molecule has 3 rings (SSSR count). The maximum atomic E-state index is 13.7. The Morgan fingerprint density at radius 1 is 1.10 bits per heavy atom. The molecule has 0 aliphatic rings. The SMILES string of the molecule is Fc1c(Cl)cccc1NCc1cnn(-c2ccccc2)n1. The van der Waals surface area contributed by atoms with Crippen LogP contribution in [0.2, 0.25) is 5.02 Å². The molecule has 3 aromatic rings. The third-order valence-corrected chi connectivity index (χ3v) is 3.23. The largest absolute Gasteiger partial charge is 0.377 e. The van der Waals surface area contributed by atoms with Crippen LogP contribution in [0.15, 0.2) is 54.7 Å². The third-order valence-electron chi connectivity index (χ3n) is 2.94. The van der Waals surface area contributed by atoms with Crippen molar-refractivity contribution in [1.82, 2.24) is 15.0 Å². The maximum Gasteiger partial charge on any atom is 0.164 e. The van der Waals surface area contributed by atoms with Crippen molar-refractivity contribution in [3.63, 3.8) is 0 Å². The van der Waals surface area contributed by atoms with Crippen LogP contribution in [0.3, 0.4) is 0 Å². The molecule has 1 aromatic heterocycles. The maximum absolute atomic E-state index is 13.7. The van der Waals surface area contributed by atoms with Gasteiger partial charge in [-0.05, 0) is 24.3 Å². The molecule has 1 N–H and O–H groups in total. The molecular weight excluding hydrogens is 291 g/mol. The highest BCUT2D eigenvalue weighted by Crippen LogP contribution is 2.22. The van der Waals surface area contributed by atoms with Gasteiger partial charge < -0.3 is 5.32 Å². The molecule has 21 heavy (non-hydrogen) atoms. The number of nitrogens with one attached hydrogen (secondary N) is 1. The van der Waals surface area contributed by atoms with Gasteiger partial charge in [0.25, 0.3) is 0 Å². The van der Waals surface area contributed by atoms with E-state index in [2.05, 4.69) is 15.5 Å². The quantitative estimate of drug-likeness (QED) is 0.799. The number of para-hydroxylation sites is 1. The first-order chi connectivity index (χ1) is 10.2. The lowest BCUT2D eigenvalue weighted by molar-refractivity contribution is 0.630. The molecule has 0 amide bonds. The smallest absolute Gasteiger partial charge is 0.164 e. The van der Waals surface area contributed by atoms with Gasteiger partial charge in [0.15, 0.2) is 5.82 Å². The van der Waals surface area contributed by atoms with Crippen LogP contribution in [-0.2, 0) is 6.54 Å². The van der Waals surface area contributed by atoms with E-state index >= 15 is 0 Å². The van der Waals surface area contributed by atoms with E-state index in [1.54, 1.807) is 18.3 Å². The summed E-state index contributed by atoms with van der Waals surface area (Å²) in [5.74, 6) is -0.463. The lowest BCUT2D eigenvalue weighted by atomic mass is 10.3. The Kier molecular flexibility index (Phi) is 3.83. The van der Waals surface area contributed by atoms with Crippen LogP contribution in [-0.4, -0.2) is 15.0 Å². The van der Waals surface area contributed by atoms with Gasteiger partial charge in [-0.2, -0.15) is 15.0 Å². The van der Waals surface area contributed by atoms with Crippen LogP contribution in [0, 0.1) is 5.82 Å². The standard InChI is InChI=1S/C15H12ClFN4/c16-13-7-4-8-14(15(13)17)18-9-11-10-19-21(20-11)12-5-2-1-3-6-12/h1-8,10,18H,9H2. The lowest BCUT2D eigenvalue weighted by Crippen LogP contribution is -2.04. The number of hydrogen-bond acceptors (Lipinski definition) is 3. The Labute approximate surface area is 126 Å². The minimum Gasteiger partial charge on any atom is -0.377 e. The molecule has 106 valence electrons. The van der Waals surface area contributed by atoms with Gasteiger partial charge in [-0.25, -0.2) is 4.39 Å². The van der Waals surface area contributed by atoms with E-state index in [1.807, 2.05) is 30.3 Å². The topological polar surface area (TPSA) is 42.7 Å². The minimum atomic E-state index is -0.463. The van der Waals surface area contributed by atoms with Crippen LogP contribution in [0.4, 0.5) is 10.1 Å². The van der Waals surface area contributed by atoms with Gasteiger partial charge >= 0.3 is 0 Å². The van der Waals surface area contributed by atoms with Crippen molar-refractivity contribution in [2.75, 3.05) is 5.32 Å². The van der Waals surface area contributed by atoms with Gasteiger partial charge in [0.05, 0.1) is 29.1 Å². The van der Waals surface area contributed by atoms with Gasteiger partial charge in [0, 0.05) is 0 Å². The molecule has 0 spiro atoms. The molecule has 0 bridgehead atoms. The predicted octanol–water partition coefficient (Wildman–Crippen LogP) is 3.67. The minimum absolute atomic E-state index is 0.0907. The molecule has 6 heteroatoms. The van der Waals surface area contributed by atoms with E-state index in [0.717, 1.165) is 5.69 Å². The number of hydrogen-bond donors (Lipinski definition) is 1. The molecule has 0 aliphatic heterocycles. The number of halogens is 2. The Hall–Kier alpha value is -2.40. The Morgan fingerprint density at radius 2 is 1.90 bits per heavy atom. The molecule has 0 unspecified atom stereocenters.